The van der Waals surface area contributed by atoms with Crippen LogP contribution in [0.25, 0.3) is 0 Å². The topological polar surface area (TPSA) is 130 Å². The van der Waals surface area contributed by atoms with E-state index in [9.17, 15) is 8.42 Å². The molecular weight excluding hydrogens is 330 g/mol. The molecule has 0 spiro atoms. The molecule has 3 heterocycles. The van der Waals surface area contributed by atoms with Crippen molar-refractivity contribution < 1.29 is 8.42 Å². The summed E-state index contributed by atoms with van der Waals surface area (Å²) in [5, 5.41) is 3.14. The Morgan fingerprint density at radius 2 is 2.04 bits per heavy atom. The predicted molar refractivity (Wildman–Crippen MR) is 93.8 cm³/mol. The Balaban J connectivity index is 1.89. The van der Waals surface area contributed by atoms with E-state index < -0.39 is 10.0 Å². The van der Waals surface area contributed by atoms with Gasteiger partial charge in [0.1, 0.15) is 5.69 Å². The molecule has 2 aromatic rings. The fraction of sp³-hybridized carbons (Fsp3) is 0.286. The van der Waals surface area contributed by atoms with Gasteiger partial charge < -0.3 is 21.7 Å². The number of aromatic nitrogens is 2. The third-order valence-electron chi connectivity index (χ3n) is 4.23. The molecule has 24 heavy (non-hydrogen) atoms. The summed E-state index contributed by atoms with van der Waals surface area (Å²) in [6.07, 6.45) is 1.89. The van der Waals surface area contributed by atoms with Gasteiger partial charge in [0.25, 0.3) is 0 Å². The van der Waals surface area contributed by atoms with Crippen LogP contribution in [-0.4, -0.2) is 37.9 Å². The molecule has 4 rings (SSSR count). The van der Waals surface area contributed by atoms with Crippen molar-refractivity contribution in [3.05, 3.63) is 23.8 Å². The molecule has 0 bridgehead atoms. The molecule has 0 radical (unpaired) electrons. The summed E-state index contributed by atoms with van der Waals surface area (Å²) in [7, 11) is -3.36. The molecule has 2 aliphatic rings. The molecule has 0 aliphatic carbocycles. The lowest BCUT2D eigenvalue weighted by Crippen LogP contribution is -2.29. The smallest absolute Gasteiger partial charge is 0.232 e. The summed E-state index contributed by atoms with van der Waals surface area (Å²) in [6.45, 7) is 0.846. The van der Waals surface area contributed by atoms with E-state index in [4.69, 9.17) is 11.5 Å². The highest BCUT2D eigenvalue weighted by Gasteiger charge is 2.33. The molecule has 10 heteroatoms. The van der Waals surface area contributed by atoms with Crippen LogP contribution in [0.4, 0.5) is 34.6 Å². The highest BCUT2D eigenvalue weighted by atomic mass is 32.2. The monoisotopic (exact) mass is 347 g/mol. The number of benzene rings is 1. The van der Waals surface area contributed by atoms with Crippen LogP contribution in [0.5, 0.6) is 0 Å². The summed E-state index contributed by atoms with van der Waals surface area (Å²) in [4.78, 5) is 10.1. The number of nitrogens with one attached hydrogen (secondary N) is 1. The fourth-order valence-corrected chi connectivity index (χ4v) is 4.20. The normalized spacial score (nSPS) is 16.0. The Bertz CT molecular complexity index is 944. The molecule has 0 saturated heterocycles. The van der Waals surface area contributed by atoms with Crippen LogP contribution in [0.1, 0.15) is 5.56 Å². The molecule has 126 valence electrons. The summed E-state index contributed by atoms with van der Waals surface area (Å²) in [5.74, 6) is 0.897. The van der Waals surface area contributed by atoms with Crippen molar-refractivity contribution >= 4 is 44.7 Å². The van der Waals surface area contributed by atoms with Crippen LogP contribution in [0.3, 0.4) is 0 Å². The average molecular weight is 347 g/mol. The molecule has 9 nitrogen and oxygen atoms in total. The molecule has 0 atom stereocenters. The van der Waals surface area contributed by atoms with Gasteiger partial charge in [0.2, 0.25) is 16.0 Å². The van der Waals surface area contributed by atoms with E-state index in [0.717, 1.165) is 11.3 Å². The molecule has 0 saturated carbocycles. The fourth-order valence-electron chi connectivity index (χ4n) is 3.23. The van der Waals surface area contributed by atoms with Gasteiger partial charge in [-0.15, -0.1) is 0 Å². The second-order valence-electron chi connectivity index (χ2n) is 5.80. The summed E-state index contributed by atoms with van der Waals surface area (Å²) < 4.78 is 25.7. The van der Waals surface area contributed by atoms with Gasteiger partial charge in [-0.3, -0.25) is 4.31 Å². The van der Waals surface area contributed by atoms with E-state index in [-0.39, 0.29) is 11.8 Å². The van der Waals surface area contributed by atoms with Crippen LogP contribution >= 0.6 is 0 Å². The zero-order valence-corrected chi connectivity index (χ0v) is 13.8. The summed E-state index contributed by atoms with van der Waals surface area (Å²) in [6, 6.07) is 5.72. The standard InChI is InChI=1S/C14H17N7O2S/c1-24(22,23)21-6-5-8-3-2-4-9(11(8)21)20-7-17-10-12(15)18-14(16)19-13(10)20/h2-4,17H,5-7H2,1H3,(H4,15,16,18,19). The third kappa shape index (κ3) is 2.10. The SMILES string of the molecule is CS(=O)(=O)N1CCc2cccc(N3CNc4c(N)nc(N)nc43)c21. The Labute approximate surface area is 139 Å². The van der Waals surface area contributed by atoms with Gasteiger partial charge in [-0.05, 0) is 18.1 Å². The van der Waals surface area contributed by atoms with Crippen molar-refractivity contribution in [1.29, 1.82) is 0 Å². The maximum Gasteiger partial charge on any atom is 0.232 e. The molecule has 5 N–H and O–H groups in total. The van der Waals surface area contributed by atoms with Gasteiger partial charge >= 0.3 is 0 Å². The number of hydrogen-bond donors (Lipinski definition) is 3. The van der Waals surface area contributed by atoms with Crippen molar-refractivity contribution in [3.8, 4) is 0 Å². The lowest BCUT2D eigenvalue weighted by molar-refractivity contribution is 0.598. The average Bonchev–Trinajstić information content (AvgIpc) is 3.09. The minimum absolute atomic E-state index is 0.0764. The summed E-state index contributed by atoms with van der Waals surface area (Å²) in [5.41, 5.74) is 14.6. The Kier molecular flexibility index (Phi) is 3.01. The number of rotatable bonds is 2. The quantitative estimate of drug-likeness (QED) is 0.715. The highest BCUT2D eigenvalue weighted by Crippen LogP contribution is 2.45. The Hall–Kier alpha value is -2.75. The van der Waals surface area contributed by atoms with Gasteiger partial charge in [0.15, 0.2) is 11.6 Å². The molecular formula is C14H17N7O2S. The van der Waals surface area contributed by atoms with E-state index >= 15 is 0 Å². The number of nitrogens with zero attached hydrogens (tertiary/aromatic N) is 4. The number of hydrogen-bond acceptors (Lipinski definition) is 8. The number of sulfonamides is 1. The van der Waals surface area contributed by atoms with Crippen LogP contribution in [0.2, 0.25) is 0 Å². The first kappa shape index (κ1) is 14.8. The van der Waals surface area contributed by atoms with Gasteiger partial charge in [0.05, 0.1) is 24.3 Å². The van der Waals surface area contributed by atoms with Gasteiger partial charge in [0, 0.05) is 6.54 Å². The van der Waals surface area contributed by atoms with Crippen molar-refractivity contribution in [2.24, 2.45) is 0 Å². The number of para-hydroxylation sites is 1. The first-order chi connectivity index (χ1) is 11.4. The molecule has 0 unspecified atom stereocenters. The van der Waals surface area contributed by atoms with E-state index in [1.165, 1.54) is 10.6 Å². The van der Waals surface area contributed by atoms with Crippen molar-refractivity contribution in [2.45, 2.75) is 6.42 Å². The zero-order valence-electron chi connectivity index (χ0n) is 13.0. The first-order valence-electron chi connectivity index (χ1n) is 7.40. The van der Waals surface area contributed by atoms with Gasteiger partial charge in [-0.25, -0.2) is 8.42 Å². The van der Waals surface area contributed by atoms with Crippen LogP contribution in [0, 0.1) is 0 Å². The largest absolute Gasteiger partial charge is 0.382 e. The highest BCUT2D eigenvalue weighted by molar-refractivity contribution is 7.92. The zero-order chi connectivity index (χ0) is 17.1. The van der Waals surface area contributed by atoms with E-state index in [1.807, 2.05) is 23.1 Å². The van der Waals surface area contributed by atoms with E-state index in [0.29, 0.717) is 36.8 Å². The van der Waals surface area contributed by atoms with E-state index in [2.05, 4.69) is 15.3 Å². The van der Waals surface area contributed by atoms with Gasteiger partial charge in [-0.1, -0.05) is 12.1 Å². The lowest BCUT2D eigenvalue weighted by atomic mass is 10.1. The van der Waals surface area contributed by atoms with Crippen LogP contribution in [0.15, 0.2) is 18.2 Å². The maximum absolute atomic E-state index is 12.1. The molecule has 1 aromatic heterocycles. The van der Waals surface area contributed by atoms with Crippen molar-refractivity contribution in [3.63, 3.8) is 0 Å². The number of nitrogens with two attached hydrogens (primary N) is 2. The van der Waals surface area contributed by atoms with Crippen molar-refractivity contribution in [1.82, 2.24) is 9.97 Å². The molecule has 2 aliphatic heterocycles. The number of anilines is 6. The van der Waals surface area contributed by atoms with Crippen LogP contribution < -0.4 is 26.0 Å². The Morgan fingerprint density at radius 1 is 1.25 bits per heavy atom. The third-order valence-corrected chi connectivity index (χ3v) is 5.39. The van der Waals surface area contributed by atoms with Crippen molar-refractivity contribution in [2.75, 3.05) is 45.5 Å². The van der Waals surface area contributed by atoms with Crippen LogP contribution in [-0.2, 0) is 16.4 Å². The first-order valence-corrected chi connectivity index (χ1v) is 9.25. The minimum atomic E-state index is -3.36. The number of fused-ring (bicyclic) bond motifs is 2. The van der Waals surface area contributed by atoms with E-state index in [1.54, 1.807) is 0 Å². The summed E-state index contributed by atoms with van der Waals surface area (Å²) >= 11 is 0. The second-order valence-corrected chi connectivity index (χ2v) is 7.71. The number of nitrogen functional groups attached to an aromatic ring is 2. The molecule has 0 fully saturated rings. The molecule has 0 amide bonds. The second kappa shape index (κ2) is 4.87. The van der Waals surface area contributed by atoms with Gasteiger partial charge in [-0.2, -0.15) is 9.97 Å². The molecule has 1 aromatic carbocycles. The Morgan fingerprint density at radius 3 is 2.79 bits per heavy atom. The maximum atomic E-state index is 12.1. The lowest BCUT2D eigenvalue weighted by Gasteiger charge is -2.25. The minimum Gasteiger partial charge on any atom is -0.382 e. The predicted octanol–water partition coefficient (Wildman–Crippen LogP) is 0.484.